The highest BCUT2D eigenvalue weighted by atomic mass is 32.2. The number of carbonyl (C=O) groups is 2. The molecule has 1 aromatic carbocycles. The van der Waals surface area contributed by atoms with Crippen molar-refractivity contribution in [2.75, 3.05) is 36.7 Å². The van der Waals surface area contributed by atoms with Crippen molar-refractivity contribution in [3.05, 3.63) is 35.7 Å². The van der Waals surface area contributed by atoms with Crippen LogP contribution >= 0.6 is 22.7 Å². The number of carbonyl (C=O) groups excluding carboxylic acids is 2. The third-order valence-corrected chi connectivity index (χ3v) is 8.07. The van der Waals surface area contributed by atoms with Gasteiger partial charge in [0.2, 0.25) is 5.91 Å². The van der Waals surface area contributed by atoms with E-state index in [1.54, 1.807) is 41.6 Å². The highest BCUT2D eigenvalue weighted by Crippen LogP contribution is 2.30. The fourth-order valence-corrected chi connectivity index (χ4v) is 5.70. The highest BCUT2D eigenvalue weighted by Gasteiger charge is 2.25. The van der Waals surface area contributed by atoms with E-state index >= 15 is 0 Å². The summed E-state index contributed by atoms with van der Waals surface area (Å²) in [7, 11) is -1.93. The molecule has 0 unspecified atom stereocenters. The third-order valence-electron chi connectivity index (χ3n) is 4.36. The molecule has 1 fully saturated rings. The molecule has 0 saturated carbocycles. The van der Waals surface area contributed by atoms with Gasteiger partial charge < -0.3 is 9.80 Å². The molecule has 1 saturated heterocycles. The predicted molar refractivity (Wildman–Crippen MR) is 113 cm³/mol. The number of piperazine rings is 1. The lowest BCUT2D eigenvalue weighted by Crippen LogP contribution is -2.51. The molecule has 3 aromatic rings. The first-order chi connectivity index (χ1) is 13.8. The number of likely N-dealkylation sites (N-methyl/N-ethyl adjacent to an activating group) is 1. The molecule has 0 bridgehead atoms. The van der Waals surface area contributed by atoms with Gasteiger partial charge in [-0.1, -0.05) is 17.4 Å². The van der Waals surface area contributed by atoms with Gasteiger partial charge in [0.05, 0.1) is 15.9 Å². The highest BCUT2D eigenvalue weighted by molar-refractivity contribution is 7.94. The standard InChI is InChI=1S/C17H17N5O4S3/c1-21-6-7-22(10-14(21)23)17(24)19-16-18-12-5-4-11(9-13(12)28-16)20-29(25,26)15-3-2-8-27-15/h2-5,8-9,20H,6-7,10H2,1H3,(H,18,19,24). The summed E-state index contributed by atoms with van der Waals surface area (Å²) >= 11 is 2.37. The van der Waals surface area contributed by atoms with E-state index < -0.39 is 10.0 Å². The van der Waals surface area contributed by atoms with Gasteiger partial charge in [0.25, 0.3) is 10.0 Å². The average molecular weight is 452 g/mol. The number of sulfonamides is 1. The molecule has 9 nitrogen and oxygen atoms in total. The Bertz CT molecular complexity index is 1170. The van der Waals surface area contributed by atoms with Gasteiger partial charge in [-0.2, -0.15) is 0 Å². The van der Waals surface area contributed by atoms with Gasteiger partial charge >= 0.3 is 6.03 Å². The molecule has 0 atom stereocenters. The number of nitrogens with zero attached hydrogens (tertiary/aromatic N) is 3. The van der Waals surface area contributed by atoms with Crippen molar-refractivity contribution >= 4 is 65.7 Å². The van der Waals surface area contributed by atoms with Gasteiger partial charge in [0.1, 0.15) is 10.8 Å². The Morgan fingerprint density at radius 3 is 2.79 bits per heavy atom. The Kier molecular flexibility index (Phi) is 5.15. The van der Waals surface area contributed by atoms with Crippen molar-refractivity contribution in [3.8, 4) is 0 Å². The molecule has 0 radical (unpaired) electrons. The van der Waals surface area contributed by atoms with E-state index in [9.17, 15) is 18.0 Å². The van der Waals surface area contributed by atoms with Crippen LogP contribution in [0, 0.1) is 0 Å². The minimum absolute atomic E-state index is 0.0296. The number of hydrogen-bond acceptors (Lipinski definition) is 7. The van der Waals surface area contributed by atoms with E-state index in [0.717, 1.165) is 16.0 Å². The largest absolute Gasteiger partial charge is 0.342 e. The van der Waals surface area contributed by atoms with Gasteiger partial charge in [-0.05, 0) is 29.6 Å². The molecular weight excluding hydrogens is 434 g/mol. The van der Waals surface area contributed by atoms with Crippen LogP contribution in [0.1, 0.15) is 0 Å². The van der Waals surface area contributed by atoms with Crippen LogP contribution in [0.3, 0.4) is 0 Å². The van der Waals surface area contributed by atoms with Gasteiger partial charge in [0, 0.05) is 20.1 Å². The summed E-state index contributed by atoms with van der Waals surface area (Å²) in [6.45, 7) is 0.968. The molecule has 3 heterocycles. The zero-order chi connectivity index (χ0) is 20.6. The summed E-state index contributed by atoms with van der Waals surface area (Å²) in [5, 5.41) is 4.80. The van der Waals surface area contributed by atoms with Crippen LogP contribution in [-0.2, 0) is 14.8 Å². The Balaban J connectivity index is 1.48. The Hall–Kier alpha value is -2.70. The van der Waals surface area contributed by atoms with E-state index in [4.69, 9.17) is 0 Å². The number of nitrogens with one attached hydrogen (secondary N) is 2. The van der Waals surface area contributed by atoms with Crippen molar-refractivity contribution in [2.24, 2.45) is 0 Å². The first kappa shape index (κ1) is 19.6. The SMILES string of the molecule is CN1CCN(C(=O)Nc2nc3ccc(NS(=O)(=O)c4cccs4)cc3s2)CC1=O. The normalized spacial score (nSPS) is 15.0. The van der Waals surface area contributed by atoms with Gasteiger partial charge in [0.15, 0.2) is 5.13 Å². The van der Waals surface area contributed by atoms with Gasteiger partial charge in [-0.25, -0.2) is 18.2 Å². The molecule has 1 aliphatic rings. The van der Waals surface area contributed by atoms with Crippen LogP contribution in [0.2, 0.25) is 0 Å². The Labute approximate surface area is 175 Å². The average Bonchev–Trinajstić information content (AvgIpc) is 3.33. The van der Waals surface area contributed by atoms with E-state index in [-0.39, 0.29) is 22.7 Å². The molecule has 3 amide bonds. The smallest absolute Gasteiger partial charge is 0.324 e. The molecule has 152 valence electrons. The molecular formula is C17H17N5O4S3. The van der Waals surface area contributed by atoms with Crippen LogP contribution in [0.5, 0.6) is 0 Å². The minimum atomic E-state index is -3.63. The monoisotopic (exact) mass is 451 g/mol. The van der Waals surface area contributed by atoms with E-state index in [1.165, 1.54) is 22.3 Å². The number of benzene rings is 1. The van der Waals surface area contributed by atoms with E-state index in [2.05, 4.69) is 15.0 Å². The molecule has 2 aromatic heterocycles. The van der Waals surface area contributed by atoms with Crippen LogP contribution in [0.4, 0.5) is 15.6 Å². The van der Waals surface area contributed by atoms with Crippen molar-refractivity contribution in [2.45, 2.75) is 4.21 Å². The van der Waals surface area contributed by atoms with Crippen LogP contribution in [-0.4, -0.2) is 61.8 Å². The molecule has 0 aliphatic carbocycles. The number of amides is 3. The lowest BCUT2D eigenvalue weighted by Gasteiger charge is -2.31. The zero-order valence-corrected chi connectivity index (χ0v) is 17.7. The molecule has 0 spiro atoms. The number of urea groups is 1. The summed E-state index contributed by atoms with van der Waals surface area (Å²) in [5.74, 6) is -0.113. The lowest BCUT2D eigenvalue weighted by atomic mass is 10.3. The quantitative estimate of drug-likeness (QED) is 0.633. The second-order valence-electron chi connectivity index (χ2n) is 6.41. The van der Waals surface area contributed by atoms with Crippen LogP contribution in [0.25, 0.3) is 10.2 Å². The number of thiazole rings is 1. The second-order valence-corrected chi connectivity index (χ2v) is 10.3. The maximum absolute atomic E-state index is 12.4. The Morgan fingerprint density at radius 1 is 1.24 bits per heavy atom. The van der Waals surface area contributed by atoms with Gasteiger partial charge in [-0.3, -0.25) is 14.8 Å². The van der Waals surface area contributed by atoms with Crippen molar-refractivity contribution in [3.63, 3.8) is 0 Å². The van der Waals surface area contributed by atoms with E-state index in [0.29, 0.717) is 29.4 Å². The lowest BCUT2D eigenvalue weighted by molar-refractivity contribution is -0.133. The molecule has 12 heteroatoms. The predicted octanol–water partition coefficient (Wildman–Crippen LogP) is 2.46. The second kappa shape index (κ2) is 7.61. The fourth-order valence-electron chi connectivity index (χ4n) is 2.77. The molecule has 1 aliphatic heterocycles. The van der Waals surface area contributed by atoms with Crippen molar-refractivity contribution in [1.29, 1.82) is 0 Å². The number of rotatable bonds is 4. The van der Waals surface area contributed by atoms with Gasteiger partial charge in [-0.15, -0.1) is 11.3 Å². The number of hydrogen-bond donors (Lipinski definition) is 2. The van der Waals surface area contributed by atoms with E-state index in [1.807, 2.05) is 0 Å². The topological polar surface area (TPSA) is 112 Å². The summed E-state index contributed by atoms with van der Waals surface area (Å²) in [6, 6.07) is 7.81. The fraction of sp³-hybridized carbons (Fsp3) is 0.235. The third kappa shape index (κ3) is 4.18. The number of aromatic nitrogens is 1. The summed E-state index contributed by atoms with van der Waals surface area (Å²) < 4.78 is 28.2. The summed E-state index contributed by atoms with van der Waals surface area (Å²) in [6.07, 6.45) is 0. The number of fused-ring (bicyclic) bond motifs is 1. The first-order valence-electron chi connectivity index (χ1n) is 8.59. The van der Waals surface area contributed by atoms with Crippen LogP contribution < -0.4 is 10.0 Å². The molecule has 4 rings (SSSR count). The van der Waals surface area contributed by atoms with Crippen molar-refractivity contribution in [1.82, 2.24) is 14.8 Å². The summed E-state index contributed by atoms with van der Waals surface area (Å²) in [5.41, 5.74) is 1.05. The minimum Gasteiger partial charge on any atom is -0.342 e. The number of anilines is 2. The zero-order valence-electron chi connectivity index (χ0n) is 15.3. The maximum Gasteiger partial charge on any atom is 0.324 e. The first-order valence-corrected chi connectivity index (χ1v) is 11.8. The van der Waals surface area contributed by atoms with Crippen molar-refractivity contribution < 1.29 is 18.0 Å². The van der Waals surface area contributed by atoms with Crippen LogP contribution in [0.15, 0.2) is 39.9 Å². The maximum atomic E-state index is 12.4. The molecule has 29 heavy (non-hydrogen) atoms. The molecule has 2 N–H and O–H groups in total. The number of thiophene rings is 1. The summed E-state index contributed by atoms with van der Waals surface area (Å²) in [4.78, 5) is 31.6. The Morgan fingerprint density at radius 2 is 2.07 bits per heavy atom.